The second-order valence-electron chi connectivity index (χ2n) is 9.42. The van der Waals surface area contributed by atoms with Crippen LogP contribution in [0.1, 0.15) is 37.8 Å². The second-order valence-corrected chi connectivity index (χ2v) is 9.42. The van der Waals surface area contributed by atoms with E-state index < -0.39 is 6.43 Å². The van der Waals surface area contributed by atoms with Crippen LogP contribution in [-0.4, -0.2) is 65.3 Å². The van der Waals surface area contributed by atoms with Gasteiger partial charge in [0.1, 0.15) is 0 Å². The third kappa shape index (κ3) is 4.54. The summed E-state index contributed by atoms with van der Waals surface area (Å²) < 4.78 is 35.3. The molecule has 1 fully saturated rings. The summed E-state index contributed by atoms with van der Waals surface area (Å²) in [7, 11) is 1.77. The van der Waals surface area contributed by atoms with Crippen LogP contribution < -0.4 is 10.3 Å². The lowest BCUT2D eigenvalue weighted by Crippen LogP contribution is -2.46. The Morgan fingerprint density at radius 1 is 1.26 bits per heavy atom. The highest BCUT2D eigenvalue weighted by molar-refractivity contribution is 6.12. The lowest BCUT2D eigenvalue weighted by Gasteiger charge is -2.34. The van der Waals surface area contributed by atoms with E-state index in [9.17, 15) is 13.6 Å². The number of carbonyl (C=O) groups excluding carboxylic acids is 1. The summed E-state index contributed by atoms with van der Waals surface area (Å²) in [6, 6.07) is 3.58. The van der Waals surface area contributed by atoms with Crippen LogP contribution in [0.3, 0.4) is 0 Å². The maximum Gasteiger partial charge on any atom is 0.264 e. The highest BCUT2D eigenvalue weighted by Gasteiger charge is 2.32. The summed E-state index contributed by atoms with van der Waals surface area (Å²) in [6.45, 7) is 6.52. The molecule has 2 aromatic rings. The van der Waals surface area contributed by atoms with Gasteiger partial charge in [-0.1, -0.05) is 5.57 Å². The smallest absolute Gasteiger partial charge is 0.264 e. The summed E-state index contributed by atoms with van der Waals surface area (Å²) >= 11 is 0. The van der Waals surface area contributed by atoms with Crippen molar-refractivity contribution in [3.05, 3.63) is 46.8 Å². The van der Waals surface area contributed by atoms with Crippen LogP contribution in [0.4, 0.5) is 14.5 Å². The van der Waals surface area contributed by atoms with E-state index in [1.54, 1.807) is 42.0 Å². The molecule has 0 unspecified atom stereocenters. The number of fused-ring (bicyclic) bond motifs is 1. The predicted molar refractivity (Wildman–Crippen MR) is 129 cm³/mol. The average molecular weight is 485 g/mol. The molecule has 0 atom stereocenters. The van der Waals surface area contributed by atoms with Crippen LogP contribution in [0, 0.1) is 0 Å². The summed E-state index contributed by atoms with van der Waals surface area (Å²) in [5.41, 5.74) is 8.19. The normalized spacial score (nSPS) is 18.9. The molecule has 5 rings (SSSR count). The molecule has 1 saturated heterocycles. The SMILES string of the molecule is CC(=O)N1CCC(C)=C(/C(=N\NC2COC2)N2CCc3cc(-c4cnn(C)c4)c(C(F)F)cc32)C1. The van der Waals surface area contributed by atoms with Crippen molar-refractivity contribution >= 4 is 17.4 Å². The topological polar surface area (TPSA) is 75.0 Å². The first kappa shape index (κ1) is 23.5. The van der Waals surface area contributed by atoms with Crippen LogP contribution in [0.15, 0.2) is 40.8 Å². The maximum atomic E-state index is 14.2. The molecule has 35 heavy (non-hydrogen) atoms. The molecule has 0 saturated carbocycles. The lowest BCUT2D eigenvalue weighted by atomic mass is 9.97. The Morgan fingerprint density at radius 3 is 2.69 bits per heavy atom. The van der Waals surface area contributed by atoms with Crippen molar-refractivity contribution in [1.29, 1.82) is 0 Å². The highest BCUT2D eigenvalue weighted by Crippen LogP contribution is 2.40. The molecule has 4 heterocycles. The molecule has 1 N–H and O–H groups in total. The minimum Gasteiger partial charge on any atom is -0.377 e. The van der Waals surface area contributed by atoms with Crippen molar-refractivity contribution < 1.29 is 18.3 Å². The van der Waals surface area contributed by atoms with Gasteiger partial charge in [0.05, 0.1) is 25.5 Å². The number of halogens is 2. The van der Waals surface area contributed by atoms with Crippen molar-refractivity contribution in [1.82, 2.24) is 20.1 Å². The Kier molecular flexibility index (Phi) is 6.31. The number of nitrogens with zero attached hydrogens (tertiary/aromatic N) is 5. The number of alkyl halides is 2. The first-order valence-electron chi connectivity index (χ1n) is 11.9. The average Bonchev–Trinajstić information content (AvgIpc) is 3.41. The monoisotopic (exact) mass is 484 g/mol. The van der Waals surface area contributed by atoms with Gasteiger partial charge in [-0.05, 0) is 43.0 Å². The van der Waals surface area contributed by atoms with Gasteiger partial charge in [-0.2, -0.15) is 10.2 Å². The molecule has 1 aromatic heterocycles. The molecule has 0 bridgehead atoms. The minimum absolute atomic E-state index is 0.0117. The number of benzene rings is 1. The molecule has 186 valence electrons. The number of aryl methyl sites for hydroxylation is 1. The number of rotatable bonds is 5. The summed E-state index contributed by atoms with van der Waals surface area (Å²) in [5, 5.41) is 8.93. The number of hydrogen-bond acceptors (Lipinski definition) is 5. The van der Waals surface area contributed by atoms with Gasteiger partial charge in [-0.3, -0.25) is 9.48 Å². The van der Waals surface area contributed by atoms with Gasteiger partial charge in [-0.25, -0.2) is 8.78 Å². The summed E-state index contributed by atoms with van der Waals surface area (Å²) in [6.07, 6.45) is 2.20. The summed E-state index contributed by atoms with van der Waals surface area (Å²) in [5.74, 6) is 0.700. The zero-order valence-corrected chi connectivity index (χ0v) is 20.2. The Bertz CT molecular complexity index is 1200. The standard InChI is InChI=1S/C25H30F2N6O2/c1-15-4-6-32(16(2)34)12-22(15)25(30-29-19-13-35-14-19)33-7-5-17-8-20(18-10-28-31(3)11-18)21(24(26)27)9-23(17)33/h8-11,19,24,29H,4-7,12-14H2,1-3H3/b30-25+. The number of nitrogens with one attached hydrogen (secondary N) is 1. The maximum absolute atomic E-state index is 14.2. The zero-order chi connectivity index (χ0) is 24.7. The first-order valence-corrected chi connectivity index (χ1v) is 11.9. The van der Waals surface area contributed by atoms with Crippen molar-refractivity contribution in [3.63, 3.8) is 0 Å². The van der Waals surface area contributed by atoms with Gasteiger partial charge in [0.2, 0.25) is 5.91 Å². The Labute approximate surface area is 203 Å². The van der Waals surface area contributed by atoms with Crippen LogP contribution in [0.5, 0.6) is 0 Å². The number of amides is 1. The number of aromatic nitrogens is 2. The Hall–Kier alpha value is -3.27. The fourth-order valence-corrected chi connectivity index (χ4v) is 4.81. The molecule has 0 spiro atoms. The van der Waals surface area contributed by atoms with E-state index in [-0.39, 0.29) is 17.5 Å². The molecular weight excluding hydrogens is 454 g/mol. The van der Waals surface area contributed by atoms with Crippen LogP contribution >= 0.6 is 0 Å². The molecule has 1 aromatic carbocycles. The number of carbonyl (C=O) groups is 1. The Balaban J connectivity index is 1.56. The fourth-order valence-electron chi connectivity index (χ4n) is 4.81. The van der Waals surface area contributed by atoms with Gasteiger partial charge < -0.3 is 20.0 Å². The molecule has 1 amide bonds. The molecule has 3 aliphatic heterocycles. The van der Waals surface area contributed by atoms with E-state index in [2.05, 4.69) is 17.4 Å². The van der Waals surface area contributed by atoms with E-state index in [4.69, 9.17) is 9.84 Å². The Morgan fingerprint density at radius 2 is 2.06 bits per heavy atom. The molecule has 3 aliphatic rings. The van der Waals surface area contributed by atoms with Crippen molar-refractivity contribution in [3.8, 4) is 11.1 Å². The van der Waals surface area contributed by atoms with Crippen molar-refractivity contribution in [2.24, 2.45) is 12.1 Å². The van der Waals surface area contributed by atoms with E-state index in [0.717, 1.165) is 28.8 Å². The van der Waals surface area contributed by atoms with Crippen LogP contribution in [0.25, 0.3) is 11.1 Å². The first-order chi connectivity index (χ1) is 16.8. The molecule has 8 nitrogen and oxygen atoms in total. The van der Waals surface area contributed by atoms with E-state index in [1.165, 1.54) is 0 Å². The van der Waals surface area contributed by atoms with Gasteiger partial charge in [0.15, 0.2) is 5.84 Å². The summed E-state index contributed by atoms with van der Waals surface area (Å²) in [4.78, 5) is 16.0. The van der Waals surface area contributed by atoms with Gasteiger partial charge in [-0.15, -0.1) is 0 Å². The number of amidine groups is 1. The van der Waals surface area contributed by atoms with E-state index in [0.29, 0.717) is 56.2 Å². The lowest BCUT2D eigenvalue weighted by molar-refractivity contribution is -0.128. The highest BCUT2D eigenvalue weighted by atomic mass is 19.3. The molecule has 0 aliphatic carbocycles. The molecular formula is C25H30F2N6O2. The van der Waals surface area contributed by atoms with Crippen LogP contribution in [-0.2, 0) is 23.0 Å². The van der Waals surface area contributed by atoms with Gasteiger partial charge in [0, 0.05) is 62.2 Å². The largest absolute Gasteiger partial charge is 0.377 e. The minimum atomic E-state index is -2.63. The zero-order valence-electron chi connectivity index (χ0n) is 20.2. The molecule has 10 heteroatoms. The number of hydrogen-bond donors (Lipinski definition) is 1. The van der Waals surface area contributed by atoms with Crippen molar-refractivity contribution in [2.75, 3.05) is 37.7 Å². The number of hydrazone groups is 1. The fraction of sp³-hybridized carbons (Fsp3) is 0.480. The third-order valence-corrected chi connectivity index (χ3v) is 6.98. The predicted octanol–water partition coefficient (Wildman–Crippen LogP) is 3.26. The third-order valence-electron chi connectivity index (χ3n) is 6.98. The second kappa shape index (κ2) is 9.41. The molecule has 0 radical (unpaired) electrons. The van der Waals surface area contributed by atoms with E-state index in [1.807, 2.05) is 11.0 Å². The quantitative estimate of drug-likeness (QED) is 0.401. The van der Waals surface area contributed by atoms with Gasteiger partial charge >= 0.3 is 0 Å². The van der Waals surface area contributed by atoms with Crippen LogP contribution in [0.2, 0.25) is 0 Å². The number of ether oxygens (including phenoxy) is 1. The van der Waals surface area contributed by atoms with Crippen molar-refractivity contribution in [2.45, 2.75) is 39.2 Å². The number of anilines is 1. The van der Waals surface area contributed by atoms with Gasteiger partial charge in [0.25, 0.3) is 6.43 Å². The van der Waals surface area contributed by atoms with E-state index >= 15 is 0 Å².